The molecule has 0 saturated heterocycles. The van der Waals surface area contributed by atoms with Gasteiger partial charge in [-0.2, -0.15) is 52.7 Å². The molecule has 3 saturated carbocycles. The molecule has 4 nitrogen and oxygen atoms in total. The first-order chi connectivity index (χ1) is 13.1. The molecule has 3 aliphatic carbocycles. The predicted octanol–water partition coefficient (Wildman–Crippen LogP) is 5.73. The molecule has 0 aromatic carbocycles. The van der Waals surface area contributed by atoms with E-state index in [9.17, 15) is 52.7 Å². The summed E-state index contributed by atoms with van der Waals surface area (Å²) in [5, 5.41) is -4.70. The molecule has 3 rings (SSSR count). The number of hydroxylamine groups is 4. The number of hydrogen-bond donors (Lipinski definition) is 0. The summed E-state index contributed by atoms with van der Waals surface area (Å²) >= 11 is 0. The van der Waals surface area contributed by atoms with Crippen LogP contribution in [0.4, 0.5) is 52.7 Å². The van der Waals surface area contributed by atoms with Crippen LogP contribution in [0.5, 0.6) is 0 Å². The molecule has 3 aliphatic rings. The SMILES string of the molecule is CC1(C)[C@@H]2CC[C@](CON(C(F)(F)F)C(F)(F)F)(ON(C(F)(F)F)C(F)(F)F)[C@H]1C2. The maximum atomic E-state index is 12.9. The average molecular weight is 472 g/mol. The van der Waals surface area contributed by atoms with Gasteiger partial charge in [0.05, 0.1) is 0 Å². The Hall–Kier alpha value is -1.00. The fourth-order valence-corrected chi connectivity index (χ4v) is 4.19. The van der Waals surface area contributed by atoms with Crippen LogP contribution >= 0.6 is 0 Å². The van der Waals surface area contributed by atoms with Crippen molar-refractivity contribution in [2.24, 2.45) is 17.3 Å². The van der Waals surface area contributed by atoms with Crippen molar-refractivity contribution < 1.29 is 62.4 Å². The summed E-state index contributed by atoms with van der Waals surface area (Å²) in [6, 6.07) is 0. The van der Waals surface area contributed by atoms with Crippen molar-refractivity contribution >= 4 is 0 Å². The van der Waals surface area contributed by atoms with Gasteiger partial charge < -0.3 is 0 Å². The molecule has 0 N–H and O–H groups in total. The molecule has 16 heteroatoms. The van der Waals surface area contributed by atoms with Crippen molar-refractivity contribution in [3.63, 3.8) is 0 Å². The van der Waals surface area contributed by atoms with Crippen LogP contribution in [0.3, 0.4) is 0 Å². The first kappa shape index (κ1) is 25.3. The Morgan fingerprint density at radius 3 is 1.53 bits per heavy atom. The molecule has 0 aromatic heterocycles. The van der Waals surface area contributed by atoms with E-state index >= 15 is 0 Å². The first-order valence-electron chi connectivity index (χ1n) is 8.32. The Labute approximate surface area is 161 Å². The van der Waals surface area contributed by atoms with Gasteiger partial charge in [-0.05, 0) is 36.5 Å². The topological polar surface area (TPSA) is 24.9 Å². The van der Waals surface area contributed by atoms with Gasteiger partial charge in [-0.1, -0.05) is 13.8 Å². The lowest BCUT2D eigenvalue weighted by molar-refractivity contribution is -0.531. The van der Waals surface area contributed by atoms with E-state index in [1.54, 1.807) is 0 Å². The van der Waals surface area contributed by atoms with Crippen molar-refractivity contribution in [1.29, 1.82) is 0 Å². The molecule has 0 unspecified atom stereocenters. The van der Waals surface area contributed by atoms with Gasteiger partial charge >= 0.3 is 25.2 Å². The van der Waals surface area contributed by atoms with Crippen LogP contribution < -0.4 is 0 Å². The summed E-state index contributed by atoms with van der Waals surface area (Å²) in [6.07, 6.45) is -25.4. The fourth-order valence-electron chi connectivity index (χ4n) is 4.19. The summed E-state index contributed by atoms with van der Waals surface area (Å²) in [5.74, 6) is -1.41. The Balaban J connectivity index is 2.41. The van der Waals surface area contributed by atoms with E-state index in [0.29, 0.717) is 0 Å². The number of hydrogen-bond acceptors (Lipinski definition) is 4. The van der Waals surface area contributed by atoms with Gasteiger partial charge in [0.25, 0.3) is 0 Å². The van der Waals surface area contributed by atoms with Gasteiger partial charge in [0, 0.05) is 10.1 Å². The lowest BCUT2D eigenvalue weighted by Gasteiger charge is -2.64. The van der Waals surface area contributed by atoms with Gasteiger partial charge in [-0.15, -0.1) is 0 Å². The minimum absolute atomic E-state index is 0.0437. The third kappa shape index (κ3) is 4.75. The Morgan fingerprint density at radius 1 is 0.767 bits per heavy atom. The minimum atomic E-state index is -6.16. The smallest absolute Gasteiger partial charge is 0.281 e. The van der Waals surface area contributed by atoms with E-state index in [1.807, 2.05) is 0 Å². The van der Waals surface area contributed by atoms with Gasteiger partial charge in [0.2, 0.25) is 0 Å². The van der Waals surface area contributed by atoms with E-state index in [0.717, 1.165) is 0 Å². The predicted molar refractivity (Wildman–Crippen MR) is 72.3 cm³/mol. The third-order valence-electron chi connectivity index (χ3n) is 5.65. The number of fused-ring (bicyclic) bond motifs is 2. The fraction of sp³-hybridized carbons (Fsp3) is 1.00. The highest BCUT2D eigenvalue weighted by Gasteiger charge is 2.68. The zero-order valence-electron chi connectivity index (χ0n) is 15.2. The third-order valence-corrected chi connectivity index (χ3v) is 5.65. The highest BCUT2D eigenvalue weighted by Crippen LogP contribution is 2.64. The zero-order chi connectivity index (χ0) is 23.6. The summed E-state index contributed by atoms with van der Waals surface area (Å²) in [5.41, 5.74) is -3.73. The second-order valence-electron chi connectivity index (χ2n) is 7.73. The van der Waals surface area contributed by atoms with E-state index in [-0.39, 0.29) is 18.8 Å². The molecule has 3 fully saturated rings. The maximum Gasteiger partial charge on any atom is 0.490 e. The van der Waals surface area contributed by atoms with E-state index in [4.69, 9.17) is 0 Å². The summed E-state index contributed by atoms with van der Waals surface area (Å²) in [7, 11) is 0. The second kappa shape index (κ2) is 7.27. The summed E-state index contributed by atoms with van der Waals surface area (Å²) < 4.78 is 154. The molecular weight excluding hydrogens is 456 g/mol. The molecular formula is C14H16F12N2O2. The molecule has 0 radical (unpaired) electrons. The standard InChI is InChI=1S/C14H16F12N2O2/c1-9(2)7-3-4-10(8(9)5-7,30-28(13(21,22)23)14(24,25)26)6-29-27(11(15,16)17)12(18,19)20/h7-8H,3-6H2,1-2H3/t7-,8+,10-/m1/s1. The van der Waals surface area contributed by atoms with Crippen molar-refractivity contribution in [1.82, 2.24) is 10.1 Å². The van der Waals surface area contributed by atoms with Crippen molar-refractivity contribution in [3.8, 4) is 0 Å². The van der Waals surface area contributed by atoms with Crippen molar-refractivity contribution in [2.75, 3.05) is 6.61 Å². The van der Waals surface area contributed by atoms with Crippen LogP contribution in [0, 0.1) is 17.3 Å². The minimum Gasteiger partial charge on any atom is -0.281 e. The van der Waals surface area contributed by atoms with Gasteiger partial charge in [0.15, 0.2) is 0 Å². The molecule has 0 aliphatic heterocycles. The van der Waals surface area contributed by atoms with E-state index in [1.165, 1.54) is 13.8 Å². The number of rotatable bonds is 5. The normalized spacial score (nSPS) is 30.0. The van der Waals surface area contributed by atoms with Crippen LogP contribution in [0.25, 0.3) is 0 Å². The van der Waals surface area contributed by atoms with Crippen LogP contribution in [-0.4, -0.2) is 47.5 Å². The van der Waals surface area contributed by atoms with Crippen LogP contribution in [0.2, 0.25) is 0 Å². The highest BCUT2D eigenvalue weighted by atomic mass is 19.4. The lowest BCUT2D eigenvalue weighted by atomic mass is 9.44. The van der Waals surface area contributed by atoms with Crippen LogP contribution in [0.15, 0.2) is 0 Å². The van der Waals surface area contributed by atoms with Gasteiger partial charge in [-0.25, -0.2) is 0 Å². The summed E-state index contributed by atoms with van der Waals surface area (Å²) in [6.45, 7) is 1.02. The van der Waals surface area contributed by atoms with Gasteiger partial charge in [0.1, 0.15) is 12.2 Å². The Bertz CT molecular complexity index is 596. The van der Waals surface area contributed by atoms with Crippen molar-refractivity contribution in [3.05, 3.63) is 0 Å². The number of halogens is 12. The molecule has 0 aromatic rings. The molecule has 0 spiro atoms. The Morgan fingerprint density at radius 2 is 1.20 bits per heavy atom. The van der Waals surface area contributed by atoms with Gasteiger partial charge in [-0.3, -0.25) is 9.68 Å². The first-order valence-corrected chi connectivity index (χ1v) is 8.32. The molecule has 2 bridgehead atoms. The van der Waals surface area contributed by atoms with Crippen LogP contribution in [-0.2, 0) is 9.68 Å². The summed E-state index contributed by atoms with van der Waals surface area (Å²) in [4.78, 5) is 7.89. The number of alkyl halides is 12. The molecule has 0 amide bonds. The molecule has 178 valence electrons. The Kier molecular flexibility index (Phi) is 6.12. The molecule has 30 heavy (non-hydrogen) atoms. The quantitative estimate of drug-likeness (QED) is 0.290. The second-order valence-corrected chi connectivity index (χ2v) is 7.73. The lowest BCUT2D eigenvalue weighted by Crippen LogP contribution is -2.68. The monoisotopic (exact) mass is 472 g/mol. The largest absolute Gasteiger partial charge is 0.490 e. The number of nitrogens with zero attached hydrogens (tertiary/aromatic N) is 2. The molecule has 3 atom stereocenters. The average Bonchev–Trinajstić information content (AvgIpc) is 2.48. The van der Waals surface area contributed by atoms with E-state index in [2.05, 4.69) is 9.68 Å². The maximum absolute atomic E-state index is 12.9. The van der Waals surface area contributed by atoms with E-state index < -0.39 is 65.3 Å². The zero-order valence-corrected chi connectivity index (χ0v) is 15.2. The van der Waals surface area contributed by atoms with Crippen LogP contribution in [0.1, 0.15) is 33.1 Å². The van der Waals surface area contributed by atoms with Crippen molar-refractivity contribution in [2.45, 2.75) is 63.9 Å². The molecule has 0 heterocycles. The highest BCUT2D eigenvalue weighted by molar-refractivity contribution is 5.11.